The molecule has 0 saturated carbocycles. The van der Waals surface area contributed by atoms with Crippen LogP contribution in [0.1, 0.15) is 24.7 Å². The third kappa shape index (κ3) is 3.13. The summed E-state index contributed by atoms with van der Waals surface area (Å²) >= 11 is 0. The van der Waals surface area contributed by atoms with Crippen molar-refractivity contribution in [3.8, 4) is 0 Å². The number of nitrogen functional groups attached to an aromatic ring is 1. The number of nitrogens with one attached hydrogen (secondary N) is 1. The van der Waals surface area contributed by atoms with Crippen molar-refractivity contribution in [1.29, 1.82) is 0 Å². The maximum atomic E-state index is 5.56. The van der Waals surface area contributed by atoms with Gasteiger partial charge in [-0.25, -0.2) is 15.8 Å². The molecule has 2 heterocycles. The zero-order valence-electron chi connectivity index (χ0n) is 12.1. The van der Waals surface area contributed by atoms with Crippen LogP contribution in [0.15, 0.2) is 0 Å². The highest BCUT2D eigenvalue weighted by Crippen LogP contribution is 2.24. The minimum Gasteiger partial charge on any atom is -0.355 e. The first kappa shape index (κ1) is 14.0. The van der Waals surface area contributed by atoms with Gasteiger partial charge in [0.15, 0.2) is 0 Å². The Hall–Kier alpha value is -1.40. The van der Waals surface area contributed by atoms with Crippen LogP contribution >= 0.6 is 0 Å². The predicted molar refractivity (Wildman–Crippen MR) is 78.3 cm³/mol. The van der Waals surface area contributed by atoms with E-state index in [1.807, 2.05) is 6.92 Å². The van der Waals surface area contributed by atoms with Crippen LogP contribution in [0.25, 0.3) is 0 Å². The Morgan fingerprint density at radius 3 is 2.68 bits per heavy atom. The second-order valence-electron chi connectivity index (χ2n) is 5.08. The first-order valence-electron chi connectivity index (χ1n) is 6.93. The Balaban J connectivity index is 2.31. The zero-order chi connectivity index (χ0) is 13.8. The van der Waals surface area contributed by atoms with Crippen molar-refractivity contribution in [1.82, 2.24) is 14.9 Å². The summed E-state index contributed by atoms with van der Waals surface area (Å²) in [7, 11) is 2.17. The van der Waals surface area contributed by atoms with Gasteiger partial charge >= 0.3 is 0 Å². The number of nitrogens with two attached hydrogens (primary N) is 1. The van der Waals surface area contributed by atoms with Gasteiger partial charge in [-0.15, -0.1) is 0 Å². The highest BCUT2D eigenvalue weighted by molar-refractivity contribution is 5.58. The van der Waals surface area contributed by atoms with Crippen LogP contribution in [0.4, 0.5) is 11.6 Å². The molecule has 1 fully saturated rings. The van der Waals surface area contributed by atoms with Gasteiger partial charge in [0.1, 0.15) is 17.5 Å². The molecule has 0 amide bonds. The van der Waals surface area contributed by atoms with Gasteiger partial charge in [0, 0.05) is 31.6 Å². The minimum absolute atomic E-state index is 0.736. The summed E-state index contributed by atoms with van der Waals surface area (Å²) in [6.07, 6.45) is 1.97. The second kappa shape index (κ2) is 6.16. The molecule has 2 rings (SSSR count). The molecule has 0 aliphatic carbocycles. The number of hydrogen-bond acceptors (Lipinski definition) is 6. The van der Waals surface area contributed by atoms with Crippen LogP contribution in [0.5, 0.6) is 0 Å². The molecule has 106 valence electrons. The number of likely N-dealkylation sites (N-methyl/N-ethyl adjacent to an activating group) is 1. The lowest BCUT2D eigenvalue weighted by Crippen LogP contribution is -2.30. The van der Waals surface area contributed by atoms with Crippen LogP contribution in [-0.4, -0.2) is 48.1 Å². The van der Waals surface area contributed by atoms with E-state index in [9.17, 15) is 0 Å². The van der Waals surface area contributed by atoms with Crippen LogP contribution in [0.3, 0.4) is 0 Å². The Morgan fingerprint density at radius 1 is 1.21 bits per heavy atom. The van der Waals surface area contributed by atoms with E-state index in [2.05, 4.69) is 34.2 Å². The van der Waals surface area contributed by atoms with Gasteiger partial charge in [0.25, 0.3) is 0 Å². The third-order valence-electron chi connectivity index (χ3n) is 3.64. The first-order valence-corrected chi connectivity index (χ1v) is 6.93. The molecule has 0 spiro atoms. The van der Waals surface area contributed by atoms with Gasteiger partial charge in [-0.05, 0) is 26.9 Å². The monoisotopic (exact) mass is 264 g/mol. The lowest BCUT2D eigenvalue weighted by atomic mass is 10.2. The number of hydrogen-bond donors (Lipinski definition) is 2. The largest absolute Gasteiger partial charge is 0.355 e. The minimum atomic E-state index is 0.736. The molecule has 1 saturated heterocycles. The molecule has 3 N–H and O–H groups in total. The highest BCUT2D eigenvalue weighted by atomic mass is 15.3. The third-order valence-corrected chi connectivity index (χ3v) is 3.64. The lowest BCUT2D eigenvalue weighted by molar-refractivity contribution is 0.360. The van der Waals surface area contributed by atoms with Gasteiger partial charge in [0.05, 0.1) is 0 Å². The summed E-state index contributed by atoms with van der Waals surface area (Å²) in [4.78, 5) is 13.8. The highest BCUT2D eigenvalue weighted by Gasteiger charge is 2.18. The average Bonchev–Trinajstić information content (AvgIpc) is 2.64. The molecular formula is C13H24N6. The molecule has 1 aromatic heterocycles. The van der Waals surface area contributed by atoms with Crippen molar-refractivity contribution in [3.05, 3.63) is 11.4 Å². The molecule has 6 heteroatoms. The van der Waals surface area contributed by atoms with E-state index in [0.29, 0.717) is 0 Å². The Labute approximate surface area is 115 Å². The average molecular weight is 264 g/mol. The number of anilines is 2. The molecule has 0 radical (unpaired) electrons. The SMILES string of the molecule is CCc1nc(NN)c(C)c(N2CCCN(C)CC2)n1. The van der Waals surface area contributed by atoms with Crippen LogP contribution in [0, 0.1) is 6.92 Å². The van der Waals surface area contributed by atoms with Gasteiger partial charge in [-0.3, -0.25) is 0 Å². The Morgan fingerprint density at radius 2 is 2.00 bits per heavy atom. The molecule has 0 unspecified atom stereocenters. The van der Waals surface area contributed by atoms with Crippen LogP contribution < -0.4 is 16.2 Å². The maximum absolute atomic E-state index is 5.56. The number of rotatable bonds is 3. The van der Waals surface area contributed by atoms with Crippen LogP contribution in [0.2, 0.25) is 0 Å². The van der Waals surface area contributed by atoms with Crippen molar-refractivity contribution in [2.45, 2.75) is 26.7 Å². The van der Waals surface area contributed by atoms with E-state index in [1.165, 1.54) is 0 Å². The molecule has 1 aliphatic rings. The van der Waals surface area contributed by atoms with E-state index in [1.54, 1.807) is 0 Å². The van der Waals surface area contributed by atoms with Crippen molar-refractivity contribution < 1.29 is 0 Å². The summed E-state index contributed by atoms with van der Waals surface area (Å²) in [5.41, 5.74) is 3.72. The predicted octanol–water partition coefficient (Wildman–Crippen LogP) is 0.775. The number of hydrazine groups is 1. The fraction of sp³-hybridized carbons (Fsp3) is 0.692. The van der Waals surface area contributed by atoms with Gasteiger partial charge in [0.2, 0.25) is 0 Å². The molecule has 0 aromatic carbocycles. The summed E-state index contributed by atoms with van der Waals surface area (Å²) in [5.74, 6) is 8.16. The van der Waals surface area contributed by atoms with Gasteiger partial charge in [-0.1, -0.05) is 6.92 Å². The van der Waals surface area contributed by atoms with Crippen molar-refractivity contribution in [2.24, 2.45) is 5.84 Å². The number of aryl methyl sites for hydroxylation is 1. The molecule has 0 bridgehead atoms. The Kier molecular flexibility index (Phi) is 4.55. The molecule has 6 nitrogen and oxygen atoms in total. The molecular weight excluding hydrogens is 240 g/mol. The second-order valence-corrected chi connectivity index (χ2v) is 5.08. The van der Waals surface area contributed by atoms with Gasteiger partial charge < -0.3 is 15.2 Å². The fourth-order valence-electron chi connectivity index (χ4n) is 2.41. The fourth-order valence-corrected chi connectivity index (χ4v) is 2.41. The van der Waals surface area contributed by atoms with Crippen LogP contribution in [-0.2, 0) is 6.42 Å². The van der Waals surface area contributed by atoms with E-state index >= 15 is 0 Å². The van der Waals surface area contributed by atoms with E-state index in [4.69, 9.17) is 10.8 Å². The van der Waals surface area contributed by atoms with E-state index in [0.717, 1.165) is 62.0 Å². The molecule has 0 atom stereocenters. The summed E-state index contributed by atoms with van der Waals surface area (Å²) < 4.78 is 0. The van der Waals surface area contributed by atoms with E-state index < -0.39 is 0 Å². The standard InChI is InChI=1S/C13H24N6/c1-4-11-15-12(17-14)10(2)13(16-11)19-7-5-6-18(3)8-9-19/h4-9,14H2,1-3H3,(H,15,16,17). The van der Waals surface area contributed by atoms with Crippen molar-refractivity contribution >= 4 is 11.6 Å². The number of aromatic nitrogens is 2. The van der Waals surface area contributed by atoms with Crippen molar-refractivity contribution in [2.75, 3.05) is 43.6 Å². The summed E-state index contributed by atoms with van der Waals surface area (Å²) in [6.45, 7) is 8.33. The first-order chi connectivity index (χ1) is 9.15. The smallest absolute Gasteiger partial charge is 0.148 e. The summed E-state index contributed by atoms with van der Waals surface area (Å²) in [5, 5.41) is 0. The topological polar surface area (TPSA) is 70.3 Å². The van der Waals surface area contributed by atoms with Gasteiger partial charge in [-0.2, -0.15) is 0 Å². The Bertz CT molecular complexity index is 433. The molecule has 19 heavy (non-hydrogen) atoms. The molecule has 1 aliphatic heterocycles. The van der Waals surface area contributed by atoms with Crippen molar-refractivity contribution in [3.63, 3.8) is 0 Å². The zero-order valence-corrected chi connectivity index (χ0v) is 12.1. The quantitative estimate of drug-likeness (QED) is 0.621. The maximum Gasteiger partial charge on any atom is 0.148 e. The normalized spacial score (nSPS) is 17.4. The number of nitrogens with zero attached hydrogens (tertiary/aromatic N) is 4. The van der Waals surface area contributed by atoms with E-state index in [-0.39, 0.29) is 0 Å². The lowest BCUT2D eigenvalue weighted by Gasteiger charge is -2.24. The summed E-state index contributed by atoms with van der Waals surface area (Å²) in [6, 6.07) is 0. The molecule has 1 aromatic rings.